The predicted molar refractivity (Wildman–Crippen MR) is 69.1 cm³/mol. The molecule has 88 valence electrons. The molecule has 1 aliphatic heterocycles. The lowest BCUT2D eigenvalue weighted by Gasteiger charge is -2.35. The van der Waals surface area contributed by atoms with Gasteiger partial charge in [0.25, 0.3) is 0 Å². The van der Waals surface area contributed by atoms with Crippen LogP contribution in [0.3, 0.4) is 0 Å². The van der Waals surface area contributed by atoms with Gasteiger partial charge in [0, 0.05) is 12.6 Å². The van der Waals surface area contributed by atoms with Gasteiger partial charge >= 0.3 is 0 Å². The van der Waals surface area contributed by atoms with Crippen molar-refractivity contribution in [3.63, 3.8) is 0 Å². The highest BCUT2D eigenvalue weighted by Gasteiger charge is 2.21. The second-order valence-corrected chi connectivity index (χ2v) is 5.01. The monoisotopic (exact) mass is 237 g/mol. The highest BCUT2D eigenvalue weighted by atomic mass is 32.2. The zero-order chi connectivity index (χ0) is 11.4. The molecule has 0 radical (unpaired) electrons. The van der Waals surface area contributed by atoms with Crippen LogP contribution in [0, 0.1) is 0 Å². The molecule has 2 heterocycles. The highest BCUT2D eigenvalue weighted by Crippen LogP contribution is 2.25. The number of anilines is 1. The van der Waals surface area contributed by atoms with E-state index in [0.29, 0.717) is 6.04 Å². The first-order valence-corrected chi connectivity index (χ1v) is 7.22. The van der Waals surface area contributed by atoms with Crippen LogP contribution >= 0.6 is 11.8 Å². The van der Waals surface area contributed by atoms with Gasteiger partial charge < -0.3 is 4.90 Å². The molecule has 0 bridgehead atoms. The first-order valence-electron chi connectivity index (χ1n) is 5.99. The molecule has 0 saturated carbocycles. The maximum atomic E-state index is 4.33. The summed E-state index contributed by atoms with van der Waals surface area (Å²) in [4.78, 5) is 2.42. The standard InChI is InChI=1S/C12H19N3S/c1-3-10-6-4-5-9-15(10)11-7-8-12(16-2)14-13-11/h7-8,10H,3-6,9H2,1-2H3. The van der Waals surface area contributed by atoms with Crippen molar-refractivity contribution in [2.75, 3.05) is 17.7 Å². The van der Waals surface area contributed by atoms with Crippen LogP contribution in [0.1, 0.15) is 32.6 Å². The largest absolute Gasteiger partial charge is 0.352 e. The van der Waals surface area contributed by atoms with E-state index in [1.54, 1.807) is 11.8 Å². The Labute approximate surface area is 102 Å². The molecule has 1 aromatic rings. The first kappa shape index (κ1) is 11.7. The predicted octanol–water partition coefficient (Wildman–Crippen LogP) is 2.97. The number of nitrogens with zero attached hydrogens (tertiary/aromatic N) is 3. The topological polar surface area (TPSA) is 29.0 Å². The summed E-state index contributed by atoms with van der Waals surface area (Å²) in [5.74, 6) is 1.05. The van der Waals surface area contributed by atoms with Crippen molar-refractivity contribution in [1.82, 2.24) is 10.2 Å². The molecule has 1 aliphatic rings. The molecule has 16 heavy (non-hydrogen) atoms. The van der Waals surface area contributed by atoms with Crippen LogP contribution in [0.15, 0.2) is 17.2 Å². The van der Waals surface area contributed by atoms with Crippen molar-refractivity contribution < 1.29 is 0 Å². The third-order valence-electron chi connectivity index (χ3n) is 3.23. The second kappa shape index (κ2) is 5.53. The van der Waals surface area contributed by atoms with Crippen molar-refractivity contribution in [3.8, 4) is 0 Å². The normalized spacial score (nSPS) is 21.1. The summed E-state index contributed by atoms with van der Waals surface area (Å²) in [7, 11) is 0. The third kappa shape index (κ3) is 2.48. The van der Waals surface area contributed by atoms with Gasteiger partial charge in [-0.1, -0.05) is 6.92 Å². The average Bonchev–Trinajstić information content (AvgIpc) is 2.39. The molecule has 0 aliphatic carbocycles. The molecule has 0 N–H and O–H groups in total. The molecule has 1 unspecified atom stereocenters. The Balaban J connectivity index is 2.14. The van der Waals surface area contributed by atoms with Crippen molar-refractivity contribution in [2.24, 2.45) is 0 Å². The van der Waals surface area contributed by atoms with E-state index in [4.69, 9.17) is 0 Å². The minimum absolute atomic E-state index is 0.656. The minimum Gasteiger partial charge on any atom is -0.352 e. The van der Waals surface area contributed by atoms with Gasteiger partial charge in [-0.25, -0.2) is 0 Å². The summed E-state index contributed by atoms with van der Waals surface area (Å²) in [5, 5.41) is 9.53. The maximum absolute atomic E-state index is 4.33. The lowest BCUT2D eigenvalue weighted by molar-refractivity contribution is 0.445. The SMILES string of the molecule is CCC1CCCCN1c1ccc(SC)nn1. The first-order chi connectivity index (χ1) is 7.85. The Morgan fingerprint density at radius 2 is 2.25 bits per heavy atom. The molecule has 4 heteroatoms. The van der Waals surface area contributed by atoms with E-state index in [0.717, 1.165) is 17.4 Å². The lowest BCUT2D eigenvalue weighted by atomic mass is 10.0. The summed E-state index contributed by atoms with van der Waals surface area (Å²) in [6.45, 7) is 3.39. The molecule has 1 saturated heterocycles. The number of hydrogen-bond donors (Lipinski definition) is 0. The second-order valence-electron chi connectivity index (χ2n) is 4.19. The van der Waals surface area contributed by atoms with E-state index >= 15 is 0 Å². The fraction of sp³-hybridized carbons (Fsp3) is 0.667. The highest BCUT2D eigenvalue weighted by molar-refractivity contribution is 7.98. The van der Waals surface area contributed by atoms with E-state index in [1.807, 2.05) is 6.26 Å². The summed E-state index contributed by atoms with van der Waals surface area (Å²) in [5.41, 5.74) is 0. The molecule has 3 nitrogen and oxygen atoms in total. The zero-order valence-corrected chi connectivity index (χ0v) is 10.8. The summed E-state index contributed by atoms with van der Waals surface area (Å²) in [6.07, 6.45) is 7.15. The Morgan fingerprint density at radius 1 is 1.38 bits per heavy atom. The van der Waals surface area contributed by atoms with Gasteiger partial charge in [-0.05, 0) is 44.1 Å². The molecule has 0 amide bonds. The van der Waals surface area contributed by atoms with Gasteiger partial charge in [-0.3, -0.25) is 0 Å². The average molecular weight is 237 g/mol. The van der Waals surface area contributed by atoms with Gasteiger partial charge in [0.1, 0.15) is 5.03 Å². The van der Waals surface area contributed by atoms with Crippen molar-refractivity contribution in [2.45, 2.75) is 43.7 Å². The summed E-state index contributed by atoms with van der Waals surface area (Å²) < 4.78 is 0. The van der Waals surface area contributed by atoms with E-state index in [9.17, 15) is 0 Å². The van der Waals surface area contributed by atoms with Gasteiger partial charge in [0.05, 0.1) is 0 Å². The number of aromatic nitrogens is 2. The van der Waals surface area contributed by atoms with Crippen LogP contribution in [0.5, 0.6) is 0 Å². The fourth-order valence-electron chi connectivity index (χ4n) is 2.30. The molecular weight excluding hydrogens is 218 g/mol. The zero-order valence-electron chi connectivity index (χ0n) is 10.0. The fourth-order valence-corrected chi connectivity index (χ4v) is 2.63. The van der Waals surface area contributed by atoms with E-state index in [-0.39, 0.29) is 0 Å². The van der Waals surface area contributed by atoms with Gasteiger partial charge in [0.15, 0.2) is 5.82 Å². The number of hydrogen-bond acceptors (Lipinski definition) is 4. The van der Waals surface area contributed by atoms with Crippen molar-refractivity contribution >= 4 is 17.6 Å². The van der Waals surface area contributed by atoms with Crippen LogP contribution in [0.4, 0.5) is 5.82 Å². The number of thioether (sulfide) groups is 1. The van der Waals surface area contributed by atoms with E-state index in [1.165, 1.54) is 25.7 Å². The number of piperidine rings is 1. The minimum atomic E-state index is 0.656. The molecular formula is C12H19N3S. The Kier molecular flexibility index (Phi) is 4.04. The Morgan fingerprint density at radius 3 is 2.88 bits per heavy atom. The van der Waals surface area contributed by atoms with Gasteiger partial charge in [-0.2, -0.15) is 0 Å². The Bertz CT molecular complexity index is 326. The van der Waals surface area contributed by atoms with Gasteiger partial charge in [-0.15, -0.1) is 22.0 Å². The lowest BCUT2D eigenvalue weighted by Crippen LogP contribution is -2.39. The van der Waals surface area contributed by atoms with Crippen LogP contribution in [0.25, 0.3) is 0 Å². The molecule has 0 spiro atoms. The van der Waals surface area contributed by atoms with Crippen LogP contribution in [0.2, 0.25) is 0 Å². The maximum Gasteiger partial charge on any atom is 0.151 e. The summed E-state index contributed by atoms with van der Waals surface area (Å²) in [6, 6.07) is 4.82. The summed E-state index contributed by atoms with van der Waals surface area (Å²) >= 11 is 1.64. The van der Waals surface area contributed by atoms with Crippen LogP contribution in [-0.2, 0) is 0 Å². The molecule has 1 fully saturated rings. The quantitative estimate of drug-likeness (QED) is 0.756. The van der Waals surface area contributed by atoms with Gasteiger partial charge in [0.2, 0.25) is 0 Å². The molecule has 0 aromatic carbocycles. The van der Waals surface area contributed by atoms with Crippen molar-refractivity contribution in [3.05, 3.63) is 12.1 Å². The van der Waals surface area contributed by atoms with Crippen LogP contribution < -0.4 is 4.90 Å². The third-order valence-corrected chi connectivity index (χ3v) is 3.86. The number of rotatable bonds is 3. The van der Waals surface area contributed by atoms with E-state index < -0.39 is 0 Å². The Hall–Kier alpha value is -0.770. The van der Waals surface area contributed by atoms with Crippen LogP contribution in [-0.4, -0.2) is 29.0 Å². The molecule has 1 atom stereocenters. The van der Waals surface area contributed by atoms with Crippen molar-refractivity contribution in [1.29, 1.82) is 0 Å². The molecule has 1 aromatic heterocycles. The molecule has 2 rings (SSSR count). The smallest absolute Gasteiger partial charge is 0.151 e. The van der Waals surface area contributed by atoms with E-state index in [2.05, 4.69) is 34.2 Å².